The molecule has 0 spiro atoms. The highest BCUT2D eigenvalue weighted by molar-refractivity contribution is 5.98. The van der Waals surface area contributed by atoms with Crippen molar-refractivity contribution in [2.75, 3.05) is 13.1 Å². The zero-order chi connectivity index (χ0) is 10.7. The molecule has 15 heavy (non-hydrogen) atoms. The Morgan fingerprint density at radius 2 is 2.27 bits per heavy atom. The molecule has 1 aromatic rings. The maximum Gasteiger partial charge on any atom is 0.204 e. The fourth-order valence-electron chi connectivity index (χ4n) is 2.32. The summed E-state index contributed by atoms with van der Waals surface area (Å²) in [6, 6.07) is 3.54. The van der Waals surface area contributed by atoms with Gasteiger partial charge in [0.05, 0.1) is 6.26 Å². The average molecular weight is 207 g/mol. The van der Waals surface area contributed by atoms with Gasteiger partial charge in [-0.2, -0.15) is 0 Å². The Balaban J connectivity index is 2.22. The molecule has 1 saturated heterocycles. The lowest BCUT2D eigenvalue weighted by Gasteiger charge is -2.34. The van der Waals surface area contributed by atoms with E-state index in [1.165, 1.54) is 0 Å². The van der Waals surface area contributed by atoms with Crippen LogP contribution in [0.5, 0.6) is 0 Å². The molecule has 2 rings (SSSR count). The monoisotopic (exact) mass is 207 g/mol. The highest BCUT2D eigenvalue weighted by atomic mass is 16.3. The Bertz CT molecular complexity index is 323. The van der Waals surface area contributed by atoms with E-state index in [1.807, 2.05) is 0 Å². The summed E-state index contributed by atoms with van der Waals surface area (Å²) in [4.78, 5) is 12.3. The van der Waals surface area contributed by atoms with Gasteiger partial charge in [-0.3, -0.25) is 4.79 Å². The van der Waals surface area contributed by atoms with Gasteiger partial charge in [-0.05, 0) is 44.5 Å². The van der Waals surface area contributed by atoms with Crippen LogP contribution >= 0.6 is 0 Å². The van der Waals surface area contributed by atoms with E-state index in [9.17, 15) is 4.79 Å². The van der Waals surface area contributed by atoms with Crippen LogP contribution in [0.1, 0.15) is 36.7 Å². The molecule has 0 saturated carbocycles. The van der Waals surface area contributed by atoms with Crippen LogP contribution in [0.15, 0.2) is 22.8 Å². The molecule has 1 fully saturated rings. The summed E-state index contributed by atoms with van der Waals surface area (Å²) >= 11 is 0. The molecule has 0 aliphatic carbocycles. The van der Waals surface area contributed by atoms with Crippen molar-refractivity contribution in [3.05, 3.63) is 24.2 Å². The molecule has 3 heteroatoms. The van der Waals surface area contributed by atoms with Gasteiger partial charge >= 0.3 is 0 Å². The highest BCUT2D eigenvalue weighted by Gasteiger charge is 2.39. The molecule has 1 aliphatic heterocycles. The van der Waals surface area contributed by atoms with Crippen molar-refractivity contribution in [1.29, 1.82) is 0 Å². The molecule has 0 amide bonds. The zero-order valence-electron chi connectivity index (χ0n) is 9.08. The summed E-state index contributed by atoms with van der Waals surface area (Å²) < 4.78 is 5.21. The lowest BCUT2D eigenvalue weighted by molar-refractivity contribution is 0.0686. The van der Waals surface area contributed by atoms with Crippen LogP contribution in [0.3, 0.4) is 0 Å². The number of ketones is 1. The first kappa shape index (κ1) is 10.4. The fourth-order valence-corrected chi connectivity index (χ4v) is 2.32. The Morgan fingerprint density at radius 3 is 2.80 bits per heavy atom. The van der Waals surface area contributed by atoms with Crippen molar-refractivity contribution in [1.82, 2.24) is 5.32 Å². The molecule has 82 valence electrons. The number of carbonyl (C=O) groups excluding carboxylic acids is 1. The second kappa shape index (κ2) is 4.19. The number of nitrogens with one attached hydrogen (secondary N) is 1. The number of piperidine rings is 1. The van der Waals surface area contributed by atoms with Gasteiger partial charge in [-0.25, -0.2) is 0 Å². The van der Waals surface area contributed by atoms with Crippen LogP contribution in [0.2, 0.25) is 0 Å². The standard InChI is InChI=1S/C12H17NO2/c1-2-12(5-7-13-8-6-12)11(14)10-4-3-9-15-10/h3-4,9,13H,2,5-8H2,1H3. The fraction of sp³-hybridized carbons (Fsp3) is 0.583. The van der Waals surface area contributed by atoms with Crippen molar-refractivity contribution in [2.45, 2.75) is 26.2 Å². The van der Waals surface area contributed by atoms with Gasteiger partial charge in [-0.15, -0.1) is 0 Å². The Kier molecular flexibility index (Phi) is 2.91. The van der Waals surface area contributed by atoms with E-state index >= 15 is 0 Å². The first-order valence-electron chi connectivity index (χ1n) is 5.57. The molecule has 0 aromatic carbocycles. The average Bonchev–Trinajstić information content (AvgIpc) is 2.82. The van der Waals surface area contributed by atoms with Crippen molar-refractivity contribution in [2.24, 2.45) is 5.41 Å². The minimum absolute atomic E-state index is 0.177. The molecular weight excluding hydrogens is 190 g/mol. The molecule has 0 radical (unpaired) electrons. The lowest BCUT2D eigenvalue weighted by Crippen LogP contribution is -2.41. The van der Waals surface area contributed by atoms with Crippen LogP contribution in [-0.4, -0.2) is 18.9 Å². The smallest absolute Gasteiger partial charge is 0.204 e. The van der Waals surface area contributed by atoms with E-state index < -0.39 is 0 Å². The number of hydrogen-bond donors (Lipinski definition) is 1. The lowest BCUT2D eigenvalue weighted by atomic mass is 9.72. The van der Waals surface area contributed by atoms with Gasteiger partial charge in [-0.1, -0.05) is 6.92 Å². The van der Waals surface area contributed by atoms with Crippen molar-refractivity contribution >= 4 is 5.78 Å². The van der Waals surface area contributed by atoms with Gasteiger partial charge in [0.1, 0.15) is 0 Å². The molecule has 1 aromatic heterocycles. The van der Waals surface area contributed by atoms with E-state index in [0.717, 1.165) is 32.4 Å². The predicted octanol–water partition coefficient (Wildman–Crippen LogP) is 2.24. The van der Waals surface area contributed by atoms with Crippen LogP contribution in [0.25, 0.3) is 0 Å². The van der Waals surface area contributed by atoms with Gasteiger partial charge in [0.15, 0.2) is 5.76 Å². The number of carbonyl (C=O) groups is 1. The van der Waals surface area contributed by atoms with Gasteiger partial charge < -0.3 is 9.73 Å². The number of furan rings is 1. The SMILES string of the molecule is CCC1(C(=O)c2ccco2)CCNCC1. The van der Waals surface area contributed by atoms with Crippen LogP contribution in [0.4, 0.5) is 0 Å². The first-order chi connectivity index (χ1) is 7.28. The van der Waals surface area contributed by atoms with Crippen molar-refractivity contribution in [3.8, 4) is 0 Å². The van der Waals surface area contributed by atoms with Crippen LogP contribution < -0.4 is 5.32 Å². The van der Waals surface area contributed by atoms with Crippen LogP contribution in [0, 0.1) is 5.41 Å². The van der Waals surface area contributed by atoms with Gasteiger partial charge in [0.25, 0.3) is 0 Å². The van der Waals surface area contributed by atoms with E-state index in [0.29, 0.717) is 5.76 Å². The molecule has 0 unspecified atom stereocenters. The summed E-state index contributed by atoms with van der Waals surface area (Å²) in [5.74, 6) is 0.690. The zero-order valence-corrected chi connectivity index (χ0v) is 9.08. The molecule has 0 bridgehead atoms. The summed E-state index contributed by atoms with van der Waals surface area (Å²) in [5.41, 5.74) is -0.191. The van der Waals surface area contributed by atoms with E-state index in [2.05, 4.69) is 12.2 Å². The summed E-state index contributed by atoms with van der Waals surface area (Å²) in [7, 11) is 0. The molecule has 0 atom stereocenters. The second-order valence-corrected chi connectivity index (χ2v) is 4.19. The van der Waals surface area contributed by atoms with E-state index in [1.54, 1.807) is 18.4 Å². The van der Waals surface area contributed by atoms with Crippen molar-refractivity contribution < 1.29 is 9.21 Å². The third kappa shape index (κ3) is 1.84. The Morgan fingerprint density at radius 1 is 1.53 bits per heavy atom. The number of hydrogen-bond acceptors (Lipinski definition) is 3. The van der Waals surface area contributed by atoms with E-state index in [4.69, 9.17) is 4.42 Å². The summed E-state index contributed by atoms with van der Waals surface area (Å²) in [5, 5.41) is 3.29. The van der Waals surface area contributed by atoms with Gasteiger partial charge in [0, 0.05) is 5.41 Å². The molecular formula is C12H17NO2. The molecule has 3 nitrogen and oxygen atoms in total. The maximum absolute atomic E-state index is 12.3. The molecule has 2 heterocycles. The minimum atomic E-state index is -0.191. The largest absolute Gasteiger partial charge is 0.461 e. The van der Waals surface area contributed by atoms with E-state index in [-0.39, 0.29) is 11.2 Å². The molecule has 1 N–H and O–H groups in total. The van der Waals surface area contributed by atoms with Gasteiger partial charge in [0.2, 0.25) is 5.78 Å². The quantitative estimate of drug-likeness (QED) is 0.773. The topological polar surface area (TPSA) is 42.2 Å². The van der Waals surface area contributed by atoms with Crippen molar-refractivity contribution in [3.63, 3.8) is 0 Å². The van der Waals surface area contributed by atoms with Crippen LogP contribution in [-0.2, 0) is 0 Å². The molecule has 1 aliphatic rings. The normalized spacial score (nSPS) is 20.1. The number of Topliss-reactive ketones (excluding diaryl/α,β-unsaturated/α-hetero) is 1. The maximum atomic E-state index is 12.3. The predicted molar refractivity (Wildman–Crippen MR) is 57.9 cm³/mol. The third-order valence-corrected chi connectivity index (χ3v) is 3.46. The summed E-state index contributed by atoms with van der Waals surface area (Å²) in [6.45, 7) is 3.95. The first-order valence-corrected chi connectivity index (χ1v) is 5.57. The number of rotatable bonds is 3. The third-order valence-electron chi connectivity index (χ3n) is 3.46. The summed E-state index contributed by atoms with van der Waals surface area (Å²) in [6.07, 6.45) is 4.30. The Hall–Kier alpha value is -1.09. The second-order valence-electron chi connectivity index (χ2n) is 4.19. The Labute approximate surface area is 89.9 Å². The minimum Gasteiger partial charge on any atom is -0.461 e. The highest BCUT2D eigenvalue weighted by Crippen LogP contribution is 2.36.